The van der Waals surface area contributed by atoms with Crippen molar-refractivity contribution in [1.82, 2.24) is 19.2 Å². The molecule has 19 nitrogen and oxygen atoms in total. The number of carbonyl (C=O) groups is 2. The molecule has 0 radical (unpaired) electrons. The summed E-state index contributed by atoms with van der Waals surface area (Å²) in [5.41, 5.74) is 13.6. The van der Waals surface area contributed by atoms with E-state index in [-0.39, 0.29) is 54.2 Å². The maximum Gasteiger partial charge on any atom is 0.570 e. The third-order valence-electron chi connectivity index (χ3n) is 10.8. The number of nitrogens with zero attached hydrogens (tertiary/aromatic N) is 2. The molecule has 5 rings (SSSR count). The number of hydrogen-bond acceptors (Lipinski definition) is 14. The van der Waals surface area contributed by atoms with Gasteiger partial charge in [0.25, 0.3) is 0 Å². The van der Waals surface area contributed by atoms with Gasteiger partial charge in [-0.25, -0.2) is 26.4 Å². The van der Waals surface area contributed by atoms with E-state index in [0.717, 1.165) is 8.61 Å². The first-order chi connectivity index (χ1) is 32.1. The molecule has 68 heavy (non-hydrogen) atoms. The fourth-order valence-electron chi connectivity index (χ4n) is 7.57. The summed E-state index contributed by atoms with van der Waals surface area (Å²) < 4.78 is 83.4. The van der Waals surface area contributed by atoms with Crippen LogP contribution in [0.1, 0.15) is 45.2 Å². The Balaban J connectivity index is 1.63. The lowest BCUT2D eigenvalue weighted by molar-refractivity contribution is 0.00955. The van der Waals surface area contributed by atoms with Crippen LogP contribution in [0, 0.1) is 11.8 Å². The largest absolute Gasteiger partial charge is 0.570 e. The Bertz CT molecular complexity index is 2430. The molecule has 4 aromatic carbocycles. The van der Waals surface area contributed by atoms with Crippen molar-refractivity contribution in [1.29, 1.82) is 0 Å². The molecule has 0 saturated carbocycles. The minimum atomic E-state index is -5.35. The number of amides is 2. The Hall–Kier alpha value is -4.93. The number of carbonyl (C=O) groups excluding carboxylic acids is 1. The molecule has 0 unspecified atom stereocenters. The summed E-state index contributed by atoms with van der Waals surface area (Å²) in [6.07, 6.45) is -6.11. The van der Waals surface area contributed by atoms with E-state index in [1.807, 2.05) is 0 Å². The van der Waals surface area contributed by atoms with E-state index >= 15 is 0 Å². The number of benzene rings is 4. The van der Waals surface area contributed by atoms with Gasteiger partial charge in [-0.15, -0.1) is 9.05 Å². The maximum atomic E-state index is 14.5. The highest BCUT2D eigenvalue weighted by atomic mass is 32.2. The Kier molecular flexibility index (Phi) is 19.5. The van der Waals surface area contributed by atoms with Gasteiger partial charge < -0.3 is 36.7 Å². The summed E-state index contributed by atoms with van der Waals surface area (Å²) in [5.74, 6) is -0.579. The van der Waals surface area contributed by atoms with Crippen molar-refractivity contribution < 1.29 is 59.8 Å². The summed E-state index contributed by atoms with van der Waals surface area (Å²) in [6, 6.07) is 25.8. The van der Waals surface area contributed by atoms with Gasteiger partial charge in [-0.1, -0.05) is 88.4 Å². The van der Waals surface area contributed by atoms with Crippen LogP contribution in [0.25, 0.3) is 0 Å². The van der Waals surface area contributed by atoms with Crippen molar-refractivity contribution in [3.8, 4) is 0 Å². The van der Waals surface area contributed by atoms with E-state index in [4.69, 9.17) is 30.0 Å². The molecule has 0 bridgehead atoms. The van der Waals surface area contributed by atoms with Crippen molar-refractivity contribution in [3.05, 3.63) is 120 Å². The van der Waals surface area contributed by atoms with Gasteiger partial charge in [-0.3, -0.25) is 0 Å². The minimum Gasteiger partial charge on any atom is -0.465 e. The third-order valence-corrected chi connectivity index (χ3v) is 15.5. The number of nitrogen functional groups attached to an aromatic ring is 2. The molecule has 1 aliphatic rings. The number of nitrogens with one attached hydrogen (secondary N) is 2. The van der Waals surface area contributed by atoms with E-state index in [9.17, 15) is 41.3 Å². The molecule has 0 spiro atoms. The Labute approximate surface area is 399 Å². The average Bonchev–Trinajstić information content (AvgIpc) is 3.78. The van der Waals surface area contributed by atoms with Gasteiger partial charge in [0.05, 0.1) is 35.1 Å². The topological polar surface area (TPSA) is 283 Å². The summed E-state index contributed by atoms with van der Waals surface area (Å²) in [5, 5.41) is 15.3. The first kappa shape index (κ1) is 54.0. The zero-order chi connectivity index (χ0) is 49.6. The quantitative estimate of drug-likeness (QED) is 0.0328. The molecule has 0 aromatic heterocycles. The van der Waals surface area contributed by atoms with Crippen LogP contribution in [-0.2, 0) is 51.4 Å². The maximum absolute atomic E-state index is 14.5. The number of alkyl carbamates (subject to hydrolysis) is 1. The van der Waals surface area contributed by atoms with Crippen LogP contribution in [0.4, 0.5) is 21.0 Å². The van der Waals surface area contributed by atoms with Gasteiger partial charge in [0.2, 0.25) is 20.0 Å². The molecular formula is C46H64N6O13PS2+. The molecule has 2 amide bonds. The molecule has 22 heteroatoms. The minimum absolute atomic E-state index is 0.0537. The van der Waals surface area contributed by atoms with E-state index in [1.54, 1.807) is 88.4 Å². The molecule has 5 atom stereocenters. The molecule has 0 aliphatic carbocycles. The van der Waals surface area contributed by atoms with Crippen LogP contribution in [0.15, 0.2) is 119 Å². The van der Waals surface area contributed by atoms with Crippen LogP contribution in [0.5, 0.6) is 0 Å². The van der Waals surface area contributed by atoms with E-state index < -0.39 is 83.9 Å². The predicted octanol–water partition coefficient (Wildman–Crippen LogP) is 5.28. The molecule has 1 saturated heterocycles. The lowest BCUT2D eigenvalue weighted by atomic mass is 10.0. The van der Waals surface area contributed by atoms with Gasteiger partial charge in [0.1, 0.15) is 18.3 Å². The summed E-state index contributed by atoms with van der Waals surface area (Å²) in [7, 11) is -14.1. The summed E-state index contributed by atoms with van der Waals surface area (Å²) in [6.45, 7) is 6.17. The number of ether oxygens (including phenoxy) is 2. The van der Waals surface area contributed by atoms with Crippen LogP contribution in [0.2, 0.25) is 0 Å². The van der Waals surface area contributed by atoms with Crippen LogP contribution in [0.3, 0.4) is 0 Å². The predicted molar refractivity (Wildman–Crippen MR) is 258 cm³/mol. The lowest BCUT2D eigenvalue weighted by Crippen LogP contribution is -2.54. The molecule has 1 heterocycles. The number of sulfonamides is 2. The Morgan fingerprint density at radius 1 is 0.676 bits per heavy atom. The fourth-order valence-corrected chi connectivity index (χ4v) is 12.0. The normalized spacial score (nSPS) is 16.4. The first-order valence-electron chi connectivity index (χ1n) is 22.2. The highest BCUT2D eigenvalue weighted by Crippen LogP contribution is 2.55. The molecule has 1 fully saturated rings. The van der Waals surface area contributed by atoms with Crippen LogP contribution >= 0.6 is 8.17 Å². The van der Waals surface area contributed by atoms with Crippen LogP contribution < -0.4 is 22.1 Å². The monoisotopic (exact) mass is 1000 g/mol. The smallest absolute Gasteiger partial charge is 0.465 e. The molecule has 372 valence electrons. The molecule has 9 N–H and O–H groups in total. The van der Waals surface area contributed by atoms with Crippen molar-refractivity contribution >= 4 is 51.8 Å². The molecule has 1 aliphatic heterocycles. The second-order valence-electron chi connectivity index (χ2n) is 17.4. The van der Waals surface area contributed by atoms with Gasteiger partial charge in [-0.2, -0.15) is 18.4 Å². The zero-order valence-corrected chi connectivity index (χ0v) is 41.1. The highest BCUT2D eigenvalue weighted by molar-refractivity contribution is 7.89. The summed E-state index contributed by atoms with van der Waals surface area (Å²) in [4.78, 5) is 50.3. The SMILES string of the molecule is CC(C)CN(C[C@@H](O[P+](O)(O)O[C@H](CN(CC(C)C)S(=O)(=O)c1ccc(N)cc1)[C@H](Cc1ccccc1)NC(=O)O[C@H]1CCOC1)[C@H](Cc1ccccc1)NC(=O)O)S(=O)(=O)c1ccc(N)cc1. The van der Waals surface area contributed by atoms with Gasteiger partial charge in [0.15, 0.2) is 0 Å². The highest BCUT2D eigenvalue weighted by Gasteiger charge is 2.51. The molecule has 4 aromatic rings. The zero-order valence-electron chi connectivity index (χ0n) is 38.5. The van der Waals surface area contributed by atoms with Gasteiger partial charge >= 0.3 is 20.4 Å². The number of nitrogens with two attached hydrogens (primary N) is 2. The number of anilines is 2. The second kappa shape index (κ2) is 24.6. The Morgan fingerprint density at radius 2 is 1.09 bits per heavy atom. The average molecular weight is 1000 g/mol. The fraction of sp³-hybridized carbons (Fsp3) is 0.435. The van der Waals surface area contributed by atoms with E-state index in [0.29, 0.717) is 35.5 Å². The van der Waals surface area contributed by atoms with Crippen molar-refractivity contribution in [2.24, 2.45) is 11.8 Å². The summed E-state index contributed by atoms with van der Waals surface area (Å²) >= 11 is 0. The second-order valence-corrected chi connectivity index (χ2v) is 22.7. The number of carboxylic acid groups (broad SMARTS) is 1. The standard InChI is InChI=1S/C46H63N6O13PS2/c1-32(2)27-51(67(58,59)39-19-15-36(47)16-20-39)29-43(41(49-45(53)54)25-34-11-7-5-8-12-34)64-66(56,57)65-44(30-52(28-33(3)4)68(60,61)40-21-17-37(48)18-22-40)42(26-35-13-9-6-10-14-35)50-46(55)63-38-23-24-62-31-38/h5-22,32-33,38,41-44,49,56-57H,23-31,47-48H2,1-4H3,(H-,50,53,54,55)/p+1/t38-,41-,42-,43+,44+/m0/s1. The Morgan fingerprint density at radius 3 is 1.46 bits per heavy atom. The van der Waals surface area contributed by atoms with Gasteiger partial charge in [-0.05, 0) is 84.3 Å². The van der Waals surface area contributed by atoms with E-state index in [1.165, 1.54) is 48.5 Å². The van der Waals surface area contributed by atoms with E-state index in [2.05, 4.69) is 10.6 Å². The number of hydrogen-bond donors (Lipinski definition) is 7. The van der Waals surface area contributed by atoms with Crippen molar-refractivity contribution in [3.63, 3.8) is 0 Å². The van der Waals surface area contributed by atoms with Crippen molar-refractivity contribution in [2.45, 2.75) is 87.1 Å². The van der Waals surface area contributed by atoms with Crippen LogP contribution in [-0.4, -0.2) is 122 Å². The lowest BCUT2D eigenvalue weighted by Gasteiger charge is -2.34. The first-order valence-corrected chi connectivity index (χ1v) is 26.6. The number of rotatable bonds is 25. The van der Waals surface area contributed by atoms with Crippen molar-refractivity contribution in [2.75, 3.05) is 50.9 Å². The van der Waals surface area contributed by atoms with Gasteiger partial charge in [0, 0.05) is 44.0 Å². The molecular weight excluding hydrogens is 940 g/mol. The third kappa shape index (κ3) is 16.4.